The summed E-state index contributed by atoms with van der Waals surface area (Å²) in [5.74, 6) is 0.125. The first-order valence-electron chi connectivity index (χ1n) is 11.7. The van der Waals surface area contributed by atoms with E-state index in [2.05, 4.69) is 36.3 Å². The van der Waals surface area contributed by atoms with E-state index in [-0.39, 0.29) is 11.7 Å². The van der Waals surface area contributed by atoms with Crippen molar-refractivity contribution in [2.24, 2.45) is 0 Å². The fourth-order valence-corrected chi connectivity index (χ4v) is 3.46. The number of allylic oxidation sites excluding steroid dienone is 8. The van der Waals surface area contributed by atoms with Crippen molar-refractivity contribution in [3.63, 3.8) is 0 Å². The zero-order valence-corrected chi connectivity index (χ0v) is 21.8. The molecule has 0 bridgehead atoms. The number of ketones is 1. The van der Waals surface area contributed by atoms with Crippen LogP contribution in [0.25, 0.3) is 0 Å². The number of amides is 2. The number of rotatable bonds is 14. The molecule has 7 nitrogen and oxygen atoms in total. The molecule has 34 heavy (non-hydrogen) atoms. The Morgan fingerprint density at radius 3 is 2.26 bits per heavy atom. The maximum absolute atomic E-state index is 12.3. The molecule has 0 fully saturated rings. The Hall–Kier alpha value is -3.22. The van der Waals surface area contributed by atoms with Gasteiger partial charge in [-0.3, -0.25) is 14.4 Å². The van der Waals surface area contributed by atoms with Crippen molar-refractivity contribution in [3.05, 3.63) is 58.6 Å². The molecule has 1 aromatic rings. The lowest BCUT2D eigenvalue weighted by molar-refractivity contribution is -0.110. The minimum Gasteiger partial charge on any atom is -0.354 e. The van der Waals surface area contributed by atoms with E-state index in [0.717, 1.165) is 43.3 Å². The monoisotopic (exact) mass is 468 g/mol. The van der Waals surface area contributed by atoms with E-state index in [4.69, 9.17) is 0 Å². The Balaban J connectivity index is 2.58. The van der Waals surface area contributed by atoms with Crippen LogP contribution < -0.4 is 10.2 Å². The number of hydrogen-bond donors (Lipinski definition) is 1. The Morgan fingerprint density at radius 2 is 1.65 bits per heavy atom. The first kappa shape index (κ1) is 28.8. The van der Waals surface area contributed by atoms with Gasteiger partial charge in [-0.15, -0.1) is 0 Å². The summed E-state index contributed by atoms with van der Waals surface area (Å²) in [5.41, 5.74) is 5.08. The van der Waals surface area contributed by atoms with Crippen molar-refractivity contribution in [2.75, 3.05) is 19.0 Å². The van der Waals surface area contributed by atoms with Gasteiger partial charge in [0.2, 0.25) is 6.41 Å². The van der Waals surface area contributed by atoms with Gasteiger partial charge in [-0.25, -0.2) is 4.98 Å². The molecule has 1 heterocycles. The molecule has 1 rings (SSSR count). The van der Waals surface area contributed by atoms with Gasteiger partial charge >= 0.3 is 0 Å². The molecular weight excluding hydrogens is 428 g/mol. The Bertz CT molecular complexity index is 976. The van der Waals surface area contributed by atoms with E-state index in [9.17, 15) is 14.4 Å². The summed E-state index contributed by atoms with van der Waals surface area (Å²) < 4.78 is 1.75. The maximum Gasteiger partial charge on any atom is 0.271 e. The molecule has 0 unspecified atom stereocenters. The van der Waals surface area contributed by atoms with Gasteiger partial charge in [0, 0.05) is 20.6 Å². The molecular formula is C27H40N4O3. The summed E-state index contributed by atoms with van der Waals surface area (Å²) in [5, 5.41) is 2.61. The summed E-state index contributed by atoms with van der Waals surface area (Å²) in [6.45, 7) is 10.6. The largest absolute Gasteiger partial charge is 0.354 e. The van der Waals surface area contributed by atoms with Gasteiger partial charge in [0.1, 0.15) is 0 Å². The lowest BCUT2D eigenvalue weighted by atomic mass is 10.0. The molecule has 0 spiro atoms. The molecule has 0 aliphatic heterocycles. The molecule has 1 aromatic heterocycles. The third kappa shape index (κ3) is 10.1. The standard InChI is InChI=1S/C27H40N4O3/c1-20(2)16-24(33)17-23(5)13-9-11-21(3)10-8-12-22(4)14-15-31-18-29-26(30(7)19-32)25(31)27(34)28-6/h10,14,16-19H,8-9,11-13,15H2,1-7H3,(H,28,34). The highest BCUT2D eigenvalue weighted by Crippen LogP contribution is 2.18. The van der Waals surface area contributed by atoms with Crippen molar-refractivity contribution in [3.8, 4) is 0 Å². The lowest BCUT2D eigenvalue weighted by Crippen LogP contribution is -2.25. The molecule has 0 saturated carbocycles. The zero-order chi connectivity index (χ0) is 25.7. The number of imidazole rings is 1. The summed E-state index contributed by atoms with van der Waals surface area (Å²) in [4.78, 5) is 40.7. The Kier molecular flexibility index (Phi) is 12.6. The normalized spacial score (nSPS) is 12.4. The molecule has 1 N–H and O–H groups in total. The fourth-order valence-electron chi connectivity index (χ4n) is 3.46. The topological polar surface area (TPSA) is 84.3 Å². The van der Waals surface area contributed by atoms with Crippen molar-refractivity contribution in [2.45, 2.75) is 73.3 Å². The molecule has 0 aliphatic rings. The van der Waals surface area contributed by atoms with E-state index >= 15 is 0 Å². The second kappa shape index (κ2) is 14.8. The minimum absolute atomic E-state index is 0.0668. The highest BCUT2D eigenvalue weighted by Gasteiger charge is 2.20. The Morgan fingerprint density at radius 1 is 1.00 bits per heavy atom. The molecule has 7 heteroatoms. The zero-order valence-electron chi connectivity index (χ0n) is 21.8. The summed E-state index contributed by atoms with van der Waals surface area (Å²) in [7, 11) is 3.13. The first-order chi connectivity index (χ1) is 16.1. The number of hydrogen-bond acceptors (Lipinski definition) is 4. The van der Waals surface area contributed by atoms with E-state index in [1.54, 1.807) is 37.1 Å². The Labute approximate surface area is 204 Å². The molecule has 0 aliphatic carbocycles. The molecule has 186 valence electrons. The van der Waals surface area contributed by atoms with Crippen LogP contribution in [-0.2, 0) is 16.1 Å². The van der Waals surface area contributed by atoms with Crippen molar-refractivity contribution in [1.29, 1.82) is 0 Å². The highest BCUT2D eigenvalue weighted by molar-refractivity contribution is 6.00. The quantitative estimate of drug-likeness (QED) is 0.232. The fraction of sp³-hybridized carbons (Fsp3) is 0.481. The first-order valence-corrected chi connectivity index (χ1v) is 11.7. The van der Waals surface area contributed by atoms with Crippen LogP contribution in [0, 0.1) is 0 Å². The van der Waals surface area contributed by atoms with Crippen LogP contribution in [0.3, 0.4) is 0 Å². The smallest absolute Gasteiger partial charge is 0.271 e. The average molecular weight is 469 g/mol. The third-order valence-electron chi connectivity index (χ3n) is 5.38. The number of anilines is 1. The van der Waals surface area contributed by atoms with E-state index in [0.29, 0.717) is 24.5 Å². The SMILES string of the molecule is CNC(=O)c1c(N(C)C=O)ncn1CC=C(C)CCC=C(C)CCCC(C)=CC(=O)C=C(C)C. The summed E-state index contributed by atoms with van der Waals surface area (Å²) in [6.07, 6.45) is 14.8. The molecule has 0 aromatic carbocycles. The van der Waals surface area contributed by atoms with Crippen LogP contribution in [-0.4, -0.2) is 41.7 Å². The van der Waals surface area contributed by atoms with Crippen LogP contribution in [0.2, 0.25) is 0 Å². The van der Waals surface area contributed by atoms with E-state index in [1.165, 1.54) is 16.0 Å². The molecule has 0 atom stereocenters. The van der Waals surface area contributed by atoms with Gasteiger partial charge in [-0.05, 0) is 78.9 Å². The van der Waals surface area contributed by atoms with E-state index < -0.39 is 0 Å². The predicted molar refractivity (Wildman–Crippen MR) is 139 cm³/mol. The third-order valence-corrected chi connectivity index (χ3v) is 5.38. The van der Waals surface area contributed by atoms with Crippen LogP contribution in [0.5, 0.6) is 0 Å². The van der Waals surface area contributed by atoms with Gasteiger partial charge in [-0.2, -0.15) is 0 Å². The van der Waals surface area contributed by atoms with Crippen LogP contribution in [0.4, 0.5) is 5.82 Å². The average Bonchev–Trinajstić information content (AvgIpc) is 3.19. The predicted octanol–water partition coefficient (Wildman–Crippen LogP) is 5.16. The number of carbonyl (C=O) groups is 3. The maximum atomic E-state index is 12.3. The molecule has 2 amide bonds. The van der Waals surface area contributed by atoms with Crippen LogP contribution in [0.1, 0.15) is 77.2 Å². The van der Waals surface area contributed by atoms with Gasteiger partial charge in [0.05, 0.1) is 6.33 Å². The lowest BCUT2D eigenvalue weighted by Gasteiger charge is -2.11. The van der Waals surface area contributed by atoms with Crippen LogP contribution >= 0.6 is 0 Å². The van der Waals surface area contributed by atoms with Gasteiger partial charge < -0.3 is 14.8 Å². The second-order valence-corrected chi connectivity index (χ2v) is 8.97. The number of aromatic nitrogens is 2. The van der Waals surface area contributed by atoms with Crippen LogP contribution in [0.15, 0.2) is 52.9 Å². The number of carbonyl (C=O) groups excluding carboxylic acids is 3. The van der Waals surface area contributed by atoms with Crippen molar-refractivity contribution in [1.82, 2.24) is 14.9 Å². The van der Waals surface area contributed by atoms with Gasteiger partial charge in [0.15, 0.2) is 17.3 Å². The highest BCUT2D eigenvalue weighted by atomic mass is 16.2. The van der Waals surface area contributed by atoms with E-state index in [1.807, 2.05) is 20.8 Å². The second-order valence-electron chi connectivity index (χ2n) is 8.97. The summed E-state index contributed by atoms with van der Waals surface area (Å²) >= 11 is 0. The van der Waals surface area contributed by atoms with Gasteiger partial charge in [0.25, 0.3) is 5.91 Å². The van der Waals surface area contributed by atoms with Crippen molar-refractivity contribution < 1.29 is 14.4 Å². The summed E-state index contributed by atoms with van der Waals surface area (Å²) in [6, 6.07) is 0. The number of nitrogens with zero attached hydrogens (tertiary/aromatic N) is 3. The number of nitrogens with one attached hydrogen (secondary N) is 1. The minimum atomic E-state index is -0.280. The molecule has 0 saturated heterocycles. The molecule has 0 radical (unpaired) electrons. The van der Waals surface area contributed by atoms with Gasteiger partial charge in [-0.1, -0.05) is 34.4 Å². The van der Waals surface area contributed by atoms with Crippen molar-refractivity contribution >= 4 is 23.9 Å².